The number of hydrogen-bond acceptors (Lipinski definition) is 7. The molecule has 0 aliphatic carbocycles. The summed E-state index contributed by atoms with van der Waals surface area (Å²) in [4.78, 5) is 36.9. The fourth-order valence-corrected chi connectivity index (χ4v) is 6.51. The smallest absolute Gasteiger partial charge is 0.263 e. The van der Waals surface area contributed by atoms with Crippen LogP contribution in [0.2, 0.25) is 0 Å². The maximum Gasteiger partial charge on any atom is 0.263 e. The standard InChI is InChI=1S/C20H19N3O7S2/c1-31(27,28)16-4-2-3-5-17(16)32(29,30)22-13-6-7-14-12(10-13)11-23(20(14)26)15-8-9-18(24)21-19(15)25/h2-7,10,15,22H,8-9,11H2,1H3,(H,21,24,25). The van der Waals surface area contributed by atoms with E-state index in [4.69, 9.17) is 0 Å². The van der Waals surface area contributed by atoms with Crippen molar-refractivity contribution in [3.8, 4) is 0 Å². The van der Waals surface area contributed by atoms with E-state index in [0.29, 0.717) is 11.1 Å². The molecule has 10 nitrogen and oxygen atoms in total. The van der Waals surface area contributed by atoms with Crippen LogP contribution in [0.5, 0.6) is 0 Å². The second-order valence-corrected chi connectivity index (χ2v) is 11.2. The van der Waals surface area contributed by atoms with Crippen LogP contribution < -0.4 is 10.0 Å². The molecule has 1 unspecified atom stereocenters. The first-order chi connectivity index (χ1) is 15.0. The van der Waals surface area contributed by atoms with Gasteiger partial charge in [0.25, 0.3) is 15.9 Å². The van der Waals surface area contributed by atoms with Gasteiger partial charge in [-0.2, -0.15) is 0 Å². The number of imide groups is 1. The van der Waals surface area contributed by atoms with Gasteiger partial charge in [0.15, 0.2) is 9.84 Å². The average Bonchev–Trinajstić information content (AvgIpc) is 3.03. The first-order valence-electron chi connectivity index (χ1n) is 9.57. The van der Waals surface area contributed by atoms with Crippen molar-refractivity contribution in [2.45, 2.75) is 35.2 Å². The monoisotopic (exact) mass is 477 g/mol. The number of hydrogen-bond donors (Lipinski definition) is 2. The third-order valence-electron chi connectivity index (χ3n) is 5.31. The lowest BCUT2D eigenvalue weighted by Gasteiger charge is -2.29. The Labute approximate surface area is 184 Å². The highest BCUT2D eigenvalue weighted by Gasteiger charge is 2.39. The van der Waals surface area contributed by atoms with Crippen molar-refractivity contribution in [1.82, 2.24) is 10.2 Å². The van der Waals surface area contributed by atoms with Crippen LogP contribution in [-0.4, -0.2) is 51.8 Å². The molecule has 2 heterocycles. The van der Waals surface area contributed by atoms with Crippen molar-refractivity contribution >= 4 is 43.3 Å². The van der Waals surface area contributed by atoms with E-state index in [0.717, 1.165) is 6.26 Å². The number of sulfone groups is 1. The summed E-state index contributed by atoms with van der Waals surface area (Å²) in [6.45, 7) is 0.0793. The Kier molecular flexibility index (Phi) is 5.29. The highest BCUT2D eigenvalue weighted by Crippen LogP contribution is 2.31. The molecule has 0 aromatic heterocycles. The molecule has 32 heavy (non-hydrogen) atoms. The van der Waals surface area contributed by atoms with Crippen LogP contribution in [0.25, 0.3) is 0 Å². The number of anilines is 1. The first kappa shape index (κ1) is 22.0. The second-order valence-electron chi connectivity index (χ2n) is 7.60. The zero-order chi connectivity index (χ0) is 23.3. The van der Waals surface area contributed by atoms with Crippen molar-refractivity contribution in [1.29, 1.82) is 0 Å². The molecule has 12 heteroatoms. The molecule has 0 spiro atoms. The van der Waals surface area contributed by atoms with Gasteiger partial charge in [0, 0.05) is 30.5 Å². The molecule has 4 rings (SSSR count). The molecule has 2 aliphatic rings. The average molecular weight is 478 g/mol. The van der Waals surface area contributed by atoms with Crippen molar-refractivity contribution < 1.29 is 31.2 Å². The highest BCUT2D eigenvalue weighted by molar-refractivity contribution is 7.95. The van der Waals surface area contributed by atoms with Crippen LogP contribution in [0.15, 0.2) is 52.3 Å². The molecular formula is C20H19N3O7S2. The van der Waals surface area contributed by atoms with E-state index in [1.54, 1.807) is 0 Å². The molecule has 0 bridgehead atoms. The summed E-state index contributed by atoms with van der Waals surface area (Å²) in [5.74, 6) is -1.31. The lowest BCUT2D eigenvalue weighted by molar-refractivity contribution is -0.136. The van der Waals surface area contributed by atoms with Gasteiger partial charge in [-0.15, -0.1) is 0 Å². The van der Waals surface area contributed by atoms with Gasteiger partial charge in [-0.25, -0.2) is 16.8 Å². The van der Waals surface area contributed by atoms with Gasteiger partial charge in [-0.3, -0.25) is 24.4 Å². The summed E-state index contributed by atoms with van der Waals surface area (Å²) in [6.07, 6.45) is 1.26. The van der Waals surface area contributed by atoms with E-state index in [1.165, 1.54) is 47.4 Å². The summed E-state index contributed by atoms with van der Waals surface area (Å²) >= 11 is 0. The third kappa shape index (κ3) is 3.98. The number of sulfonamides is 1. The Hall–Kier alpha value is -3.25. The zero-order valence-corrected chi connectivity index (χ0v) is 18.5. The number of amides is 3. The molecule has 2 N–H and O–H groups in total. The lowest BCUT2D eigenvalue weighted by Crippen LogP contribution is -2.52. The van der Waals surface area contributed by atoms with Gasteiger partial charge in [0.05, 0.1) is 4.90 Å². The van der Waals surface area contributed by atoms with Crippen LogP contribution in [0.1, 0.15) is 28.8 Å². The number of piperidine rings is 1. The highest BCUT2D eigenvalue weighted by atomic mass is 32.2. The van der Waals surface area contributed by atoms with Gasteiger partial charge in [0.1, 0.15) is 10.9 Å². The molecular weight excluding hydrogens is 458 g/mol. The zero-order valence-electron chi connectivity index (χ0n) is 16.9. The number of carbonyl (C=O) groups is 3. The number of nitrogens with one attached hydrogen (secondary N) is 2. The number of fused-ring (bicyclic) bond motifs is 1. The Morgan fingerprint density at radius 1 is 1.00 bits per heavy atom. The molecule has 0 saturated carbocycles. The van der Waals surface area contributed by atoms with E-state index in [1.807, 2.05) is 0 Å². The van der Waals surface area contributed by atoms with Crippen molar-refractivity contribution in [2.75, 3.05) is 11.0 Å². The number of rotatable bonds is 5. The third-order valence-corrected chi connectivity index (χ3v) is 8.04. The fourth-order valence-electron chi connectivity index (χ4n) is 3.83. The lowest BCUT2D eigenvalue weighted by atomic mass is 10.0. The Morgan fingerprint density at radius 3 is 2.34 bits per heavy atom. The maximum atomic E-state index is 12.9. The minimum atomic E-state index is -4.24. The van der Waals surface area contributed by atoms with Crippen LogP contribution in [0.3, 0.4) is 0 Å². The van der Waals surface area contributed by atoms with Gasteiger partial charge in [0.2, 0.25) is 11.8 Å². The summed E-state index contributed by atoms with van der Waals surface area (Å²) in [7, 11) is -8.02. The molecule has 2 aromatic rings. The molecule has 1 atom stereocenters. The van der Waals surface area contributed by atoms with Crippen LogP contribution in [-0.2, 0) is 36.0 Å². The quantitative estimate of drug-likeness (QED) is 0.601. The van der Waals surface area contributed by atoms with Crippen molar-refractivity contribution in [3.63, 3.8) is 0 Å². The SMILES string of the molecule is CS(=O)(=O)c1ccccc1S(=O)(=O)Nc1ccc2c(c1)CN(C1CCC(=O)NC1=O)C2=O. The minimum Gasteiger partial charge on any atom is -0.322 e. The van der Waals surface area contributed by atoms with E-state index in [-0.39, 0.29) is 46.7 Å². The number of benzene rings is 2. The molecule has 1 saturated heterocycles. The van der Waals surface area contributed by atoms with Crippen molar-refractivity contribution in [2.24, 2.45) is 0 Å². The van der Waals surface area contributed by atoms with Gasteiger partial charge >= 0.3 is 0 Å². The van der Waals surface area contributed by atoms with Crippen LogP contribution >= 0.6 is 0 Å². The largest absolute Gasteiger partial charge is 0.322 e. The summed E-state index contributed by atoms with van der Waals surface area (Å²) in [5, 5.41) is 2.22. The first-order valence-corrected chi connectivity index (χ1v) is 12.9. The Bertz CT molecular complexity index is 1370. The maximum absolute atomic E-state index is 12.9. The molecule has 168 valence electrons. The van der Waals surface area contributed by atoms with Crippen molar-refractivity contribution in [3.05, 3.63) is 53.6 Å². The Balaban J connectivity index is 1.61. The molecule has 0 radical (unpaired) electrons. The summed E-state index contributed by atoms with van der Waals surface area (Å²) in [5.41, 5.74) is 0.982. The molecule has 1 fully saturated rings. The second kappa shape index (κ2) is 7.71. The summed E-state index contributed by atoms with van der Waals surface area (Å²) in [6, 6.07) is 8.79. The minimum absolute atomic E-state index is 0.0793. The van der Waals surface area contributed by atoms with E-state index in [9.17, 15) is 31.2 Å². The summed E-state index contributed by atoms with van der Waals surface area (Å²) < 4.78 is 52.1. The molecule has 2 aliphatic heterocycles. The van der Waals surface area contributed by atoms with E-state index >= 15 is 0 Å². The topological polar surface area (TPSA) is 147 Å². The Morgan fingerprint density at radius 2 is 1.69 bits per heavy atom. The van der Waals surface area contributed by atoms with Gasteiger partial charge in [-0.1, -0.05) is 12.1 Å². The van der Waals surface area contributed by atoms with E-state index in [2.05, 4.69) is 10.0 Å². The van der Waals surface area contributed by atoms with E-state index < -0.39 is 31.8 Å². The van der Waals surface area contributed by atoms with Gasteiger partial charge in [-0.05, 0) is 42.3 Å². The number of nitrogens with zero attached hydrogens (tertiary/aromatic N) is 1. The normalized spacial score (nSPS) is 19.0. The predicted octanol–water partition coefficient (Wildman–Crippen LogP) is 0.652. The molecule has 3 amide bonds. The van der Waals surface area contributed by atoms with Gasteiger partial charge < -0.3 is 4.90 Å². The fraction of sp³-hybridized carbons (Fsp3) is 0.250. The predicted molar refractivity (Wildman–Crippen MR) is 113 cm³/mol. The van der Waals surface area contributed by atoms with Crippen LogP contribution in [0, 0.1) is 0 Å². The number of carbonyl (C=O) groups excluding carboxylic acids is 3. The molecule has 2 aromatic carbocycles. The van der Waals surface area contributed by atoms with Crippen LogP contribution in [0.4, 0.5) is 5.69 Å².